The van der Waals surface area contributed by atoms with Crippen LogP contribution in [0.4, 0.5) is 0 Å². The van der Waals surface area contributed by atoms with Gasteiger partial charge in [-0.2, -0.15) is 0 Å². The number of ether oxygens (including phenoxy) is 2. The number of methoxy groups -OCH3 is 1. The number of rotatable bonds is 20. The zero-order valence-electron chi connectivity index (χ0n) is 40.6. The first-order chi connectivity index (χ1) is 30.6. The van der Waals surface area contributed by atoms with Crippen molar-refractivity contribution in [1.82, 2.24) is 0 Å². The highest BCUT2D eigenvalue weighted by Crippen LogP contribution is 2.47. The lowest BCUT2D eigenvalue weighted by atomic mass is 9.83. The van der Waals surface area contributed by atoms with Gasteiger partial charge in [0.2, 0.25) is 0 Å². The number of carbonyl (C=O) groups excluding carboxylic acids is 3. The van der Waals surface area contributed by atoms with Gasteiger partial charge in [-0.1, -0.05) is 105 Å². The van der Waals surface area contributed by atoms with Crippen LogP contribution < -0.4 is 0 Å². The Morgan fingerprint density at radius 3 is 2.09 bits per heavy atom. The summed E-state index contributed by atoms with van der Waals surface area (Å²) < 4.78 is 11.0. The van der Waals surface area contributed by atoms with Crippen molar-refractivity contribution in [3.63, 3.8) is 0 Å². The fourth-order valence-corrected chi connectivity index (χ4v) is 10.1. The van der Waals surface area contributed by atoms with E-state index in [1.807, 2.05) is 44.2 Å². The van der Waals surface area contributed by atoms with Crippen molar-refractivity contribution in [3.8, 4) is 0 Å². The Labute approximate surface area is 382 Å². The van der Waals surface area contributed by atoms with Gasteiger partial charge in [-0.3, -0.25) is 19.4 Å². The van der Waals surface area contributed by atoms with Crippen LogP contribution in [0.3, 0.4) is 0 Å². The van der Waals surface area contributed by atoms with E-state index in [4.69, 9.17) is 29.4 Å². The monoisotopic (exact) mass is 869 g/mol. The SMILES string of the molecule is C=CC1=C(C)C2=CC3=NC(=C4C5=NC(=CC6=NC(=CC1=N2)C(C)=C6CC)C(C)=C5C(=O)C4C(=O)OC)C(CCC(=O)OCC=C(C)CCCC(C)CCCC(C)CCCC(C)C)C3C. The molecule has 0 amide bonds. The summed E-state index contributed by atoms with van der Waals surface area (Å²) >= 11 is 0. The zero-order chi connectivity index (χ0) is 46.4. The van der Waals surface area contributed by atoms with Gasteiger partial charge in [-0.15, -0.1) is 0 Å². The summed E-state index contributed by atoms with van der Waals surface area (Å²) in [6, 6.07) is 0. The van der Waals surface area contributed by atoms with Crippen LogP contribution in [0, 0.1) is 35.5 Å². The predicted molar refractivity (Wildman–Crippen MR) is 261 cm³/mol. The second-order valence-electron chi connectivity index (χ2n) is 19.4. The Balaban J connectivity index is 1.20. The normalized spacial score (nSPS) is 22.8. The molecule has 0 radical (unpaired) electrons. The number of hydrogen-bond acceptors (Lipinski definition) is 9. The van der Waals surface area contributed by atoms with E-state index in [-0.39, 0.29) is 36.6 Å². The number of esters is 2. The number of allylic oxidation sites excluding steroid dienone is 12. The van der Waals surface area contributed by atoms with Crippen LogP contribution in [0.1, 0.15) is 146 Å². The Bertz CT molecular complexity index is 2330. The molecule has 5 atom stereocenters. The zero-order valence-corrected chi connectivity index (χ0v) is 40.6. The lowest BCUT2D eigenvalue weighted by Crippen LogP contribution is -2.25. The topological polar surface area (TPSA) is 119 Å². The van der Waals surface area contributed by atoms with E-state index in [1.54, 1.807) is 0 Å². The maximum absolute atomic E-state index is 14.4. The largest absolute Gasteiger partial charge is 0.468 e. The second-order valence-corrected chi connectivity index (χ2v) is 19.4. The number of ketones is 1. The third-order valence-electron chi connectivity index (χ3n) is 14.2. The first-order valence-corrected chi connectivity index (χ1v) is 24.0. The smallest absolute Gasteiger partial charge is 0.321 e. The third-order valence-corrected chi connectivity index (χ3v) is 14.2. The highest BCUT2D eigenvalue weighted by Gasteiger charge is 2.51. The Kier molecular flexibility index (Phi) is 16.1. The molecule has 5 heterocycles. The molecule has 5 aliphatic heterocycles. The van der Waals surface area contributed by atoms with E-state index >= 15 is 0 Å². The second kappa shape index (κ2) is 21.3. The maximum atomic E-state index is 14.4. The van der Waals surface area contributed by atoms with Gasteiger partial charge in [0, 0.05) is 40.7 Å². The van der Waals surface area contributed by atoms with E-state index in [0.717, 1.165) is 81.9 Å². The summed E-state index contributed by atoms with van der Waals surface area (Å²) in [7, 11) is 1.30. The first kappa shape index (κ1) is 48.4. The summed E-state index contributed by atoms with van der Waals surface area (Å²) in [6.07, 6.45) is 22.4. The fraction of sp³-hybridized carbons (Fsp3) is 0.545. The molecule has 0 spiro atoms. The van der Waals surface area contributed by atoms with Crippen LogP contribution in [0.5, 0.6) is 0 Å². The van der Waals surface area contributed by atoms with Crippen LogP contribution in [0.2, 0.25) is 0 Å². The molecule has 1 fully saturated rings. The number of nitrogens with zero attached hydrogens (tertiary/aromatic N) is 4. The van der Waals surface area contributed by atoms with Crippen molar-refractivity contribution in [2.24, 2.45) is 55.5 Å². The average Bonchev–Trinajstić information content (AvgIpc) is 3.99. The molecule has 9 nitrogen and oxygen atoms in total. The summed E-state index contributed by atoms with van der Waals surface area (Å²) in [4.78, 5) is 61.8. The van der Waals surface area contributed by atoms with Gasteiger partial charge in [0.25, 0.3) is 0 Å². The van der Waals surface area contributed by atoms with Crippen LogP contribution in [0.25, 0.3) is 0 Å². The summed E-state index contributed by atoms with van der Waals surface area (Å²) in [5.41, 5.74) is 12.3. The standard InChI is InChI=1S/C55H72N4O5/c1-13-39-35(8)42-28-44-37(10)41(24-25-48(60)64-27-26-34(7)23-17-22-33(6)21-16-20-32(5)19-15-18-31(3)4)52(58-44)50-51(55(62)63-12)54(61)49-38(11)45(59-53(49)50)30-47-40(14-2)36(9)43(57-47)29-46(39)56-42/h13,26,28-33,37,41,51H,1,14-25,27H2,2-12H3. The van der Waals surface area contributed by atoms with Crippen LogP contribution in [-0.4, -0.2) is 54.3 Å². The number of carbonyl (C=O) groups is 3. The quantitative estimate of drug-likeness (QED) is 0.0686. The summed E-state index contributed by atoms with van der Waals surface area (Å²) in [6.45, 7) is 26.0. The molecule has 0 aromatic rings. The van der Waals surface area contributed by atoms with Crippen molar-refractivity contribution in [1.29, 1.82) is 0 Å². The van der Waals surface area contributed by atoms with Gasteiger partial charge in [0.15, 0.2) is 5.78 Å². The molecule has 0 N–H and O–H groups in total. The van der Waals surface area contributed by atoms with Crippen molar-refractivity contribution >= 4 is 40.6 Å². The van der Waals surface area contributed by atoms with Gasteiger partial charge in [-0.25, -0.2) is 15.0 Å². The van der Waals surface area contributed by atoms with Gasteiger partial charge in [-0.05, 0) is 118 Å². The molecular weight excluding hydrogens is 797 g/mol. The third kappa shape index (κ3) is 10.6. The van der Waals surface area contributed by atoms with Crippen LogP contribution in [-0.2, 0) is 23.9 Å². The molecule has 1 saturated carbocycles. The Morgan fingerprint density at radius 2 is 1.44 bits per heavy atom. The molecule has 1 aliphatic carbocycles. The molecule has 342 valence electrons. The molecule has 6 rings (SSSR count). The number of hydrogen-bond donors (Lipinski definition) is 0. The van der Waals surface area contributed by atoms with Crippen LogP contribution >= 0.6 is 0 Å². The Morgan fingerprint density at radius 1 is 0.812 bits per heavy atom. The van der Waals surface area contributed by atoms with Gasteiger partial charge < -0.3 is 9.47 Å². The number of aliphatic imine (C=N–C) groups is 4. The molecule has 0 aromatic heterocycles. The van der Waals surface area contributed by atoms with Gasteiger partial charge in [0.05, 0.1) is 47.0 Å². The van der Waals surface area contributed by atoms with Crippen molar-refractivity contribution in [2.75, 3.05) is 13.7 Å². The minimum absolute atomic E-state index is 0.142. The molecule has 9 heteroatoms. The minimum atomic E-state index is -1.22. The first-order valence-electron chi connectivity index (χ1n) is 24.0. The molecule has 64 heavy (non-hydrogen) atoms. The molecule has 8 bridgehead atoms. The molecule has 5 unspecified atom stereocenters. The highest BCUT2D eigenvalue weighted by atomic mass is 16.5. The molecule has 6 aliphatic rings. The lowest BCUT2D eigenvalue weighted by Gasteiger charge is -2.20. The van der Waals surface area contributed by atoms with Crippen molar-refractivity contribution in [3.05, 3.63) is 104 Å². The summed E-state index contributed by atoms with van der Waals surface area (Å²) in [5, 5.41) is 0. The van der Waals surface area contributed by atoms with Crippen molar-refractivity contribution in [2.45, 2.75) is 146 Å². The molecule has 0 saturated heterocycles. The number of fused-ring (bicyclic) bond motifs is 4. The van der Waals surface area contributed by atoms with E-state index in [9.17, 15) is 14.4 Å². The van der Waals surface area contributed by atoms with E-state index < -0.39 is 11.9 Å². The fourth-order valence-electron chi connectivity index (χ4n) is 10.1. The molecular formula is C55H72N4O5. The van der Waals surface area contributed by atoms with E-state index in [2.05, 4.69) is 62.0 Å². The molecule has 0 aromatic carbocycles. The maximum Gasteiger partial charge on any atom is 0.321 e. The van der Waals surface area contributed by atoms with E-state index in [0.29, 0.717) is 46.2 Å². The average molecular weight is 869 g/mol. The number of Topliss-reactive ketones (excluding diaryl/α,β-unsaturated/α-hetero) is 1. The van der Waals surface area contributed by atoms with Crippen LogP contribution in [0.15, 0.2) is 124 Å². The lowest BCUT2D eigenvalue weighted by molar-refractivity contribution is -0.146. The predicted octanol–water partition coefficient (Wildman–Crippen LogP) is 12.6. The van der Waals surface area contributed by atoms with Gasteiger partial charge >= 0.3 is 11.9 Å². The minimum Gasteiger partial charge on any atom is -0.468 e. The summed E-state index contributed by atoms with van der Waals surface area (Å²) in [5.74, 6) is -0.711. The van der Waals surface area contributed by atoms with Crippen molar-refractivity contribution < 1.29 is 23.9 Å². The highest BCUT2D eigenvalue weighted by molar-refractivity contribution is 6.43. The van der Waals surface area contributed by atoms with Gasteiger partial charge in [0.1, 0.15) is 12.5 Å². The Hall–Kier alpha value is -5.05. The van der Waals surface area contributed by atoms with E-state index in [1.165, 1.54) is 57.6 Å².